The Labute approximate surface area is 206 Å². The first-order valence-corrected chi connectivity index (χ1v) is 12.0. The number of carboxylic acid groups (broad SMARTS) is 1. The molecule has 0 amide bonds. The molecule has 0 bridgehead atoms. The van der Waals surface area contributed by atoms with Gasteiger partial charge in [0.15, 0.2) is 11.5 Å². The molecule has 35 heavy (non-hydrogen) atoms. The summed E-state index contributed by atoms with van der Waals surface area (Å²) < 4.78 is 67.3. The van der Waals surface area contributed by atoms with Gasteiger partial charge in [-0.05, 0) is 55.0 Å². The third-order valence-corrected chi connectivity index (χ3v) is 7.44. The molecule has 1 atom stereocenters. The average molecular weight is 526 g/mol. The fourth-order valence-electron chi connectivity index (χ4n) is 3.54. The molecule has 0 aromatic heterocycles. The topological polar surface area (TPSA) is 93.1 Å². The zero-order valence-electron chi connectivity index (χ0n) is 19.0. The van der Waals surface area contributed by atoms with Gasteiger partial charge >= 0.3 is 5.97 Å². The second kappa shape index (κ2) is 10.5. The molecule has 3 aromatic carbocycles. The van der Waals surface area contributed by atoms with E-state index in [9.17, 15) is 27.1 Å². The van der Waals surface area contributed by atoms with E-state index >= 15 is 0 Å². The molecule has 0 aliphatic rings. The van der Waals surface area contributed by atoms with E-state index in [1.165, 1.54) is 63.6 Å². The third kappa shape index (κ3) is 5.33. The molecule has 11 heteroatoms. The zero-order valence-corrected chi connectivity index (χ0v) is 20.5. The number of hydrogen-bond donors (Lipinski definition) is 1. The van der Waals surface area contributed by atoms with Gasteiger partial charge in [0.2, 0.25) is 0 Å². The molecule has 0 spiro atoms. The first-order chi connectivity index (χ1) is 16.5. The number of carboxylic acids is 1. The van der Waals surface area contributed by atoms with Crippen LogP contribution in [0.15, 0.2) is 59.5 Å². The van der Waals surface area contributed by atoms with Crippen LogP contribution in [0.3, 0.4) is 0 Å². The van der Waals surface area contributed by atoms with Gasteiger partial charge in [-0.1, -0.05) is 17.7 Å². The molecule has 1 N–H and O–H groups in total. The van der Waals surface area contributed by atoms with Crippen LogP contribution in [0.4, 0.5) is 14.5 Å². The van der Waals surface area contributed by atoms with Crippen molar-refractivity contribution < 1.29 is 36.6 Å². The highest BCUT2D eigenvalue weighted by atomic mass is 35.5. The molecule has 0 radical (unpaired) electrons. The van der Waals surface area contributed by atoms with Crippen LogP contribution in [-0.4, -0.2) is 39.8 Å². The number of ether oxygens (including phenoxy) is 2. The van der Waals surface area contributed by atoms with Gasteiger partial charge < -0.3 is 14.6 Å². The number of nitrogens with zero attached hydrogens (tertiary/aromatic N) is 1. The molecule has 3 aromatic rings. The van der Waals surface area contributed by atoms with E-state index in [-0.39, 0.29) is 44.7 Å². The molecular weight excluding hydrogens is 504 g/mol. The van der Waals surface area contributed by atoms with Gasteiger partial charge in [-0.15, -0.1) is 0 Å². The summed E-state index contributed by atoms with van der Waals surface area (Å²) in [5, 5.41) is 9.91. The molecule has 0 saturated carbocycles. The van der Waals surface area contributed by atoms with Gasteiger partial charge in [0.1, 0.15) is 17.7 Å². The average Bonchev–Trinajstić information content (AvgIpc) is 2.82. The van der Waals surface area contributed by atoms with E-state index in [2.05, 4.69) is 0 Å². The number of aliphatic carboxylic acids is 1. The van der Waals surface area contributed by atoms with Crippen molar-refractivity contribution in [1.29, 1.82) is 0 Å². The van der Waals surface area contributed by atoms with E-state index in [0.717, 1.165) is 12.1 Å². The van der Waals surface area contributed by atoms with Crippen molar-refractivity contribution >= 4 is 33.3 Å². The Bertz CT molecular complexity index is 1350. The van der Waals surface area contributed by atoms with Crippen molar-refractivity contribution in [2.24, 2.45) is 0 Å². The summed E-state index contributed by atoms with van der Waals surface area (Å²) in [6.07, 6.45) is -0.376. The number of anilines is 1. The first kappa shape index (κ1) is 26.2. The Balaban J connectivity index is 2.24. The Morgan fingerprint density at radius 2 is 1.66 bits per heavy atom. The van der Waals surface area contributed by atoms with Gasteiger partial charge in [0, 0.05) is 23.1 Å². The lowest BCUT2D eigenvalue weighted by Crippen LogP contribution is -2.44. The quantitative estimate of drug-likeness (QED) is 0.427. The Hall–Kier alpha value is -3.37. The standard InChI is InChI=1S/C24H22ClF2NO6S/c1-14(24(29)30)28(35(31,32)17-8-10-22(33-2)23(13-17)34-3)21-9-7-16(25)11-15(21)12-18-19(26)5-4-6-20(18)27/h4-11,13-14H,12H2,1-3H3,(H,29,30). The fourth-order valence-corrected chi connectivity index (χ4v) is 5.40. The number of carbonyl (C=O) groups is 1. The lowest BCUT2D eigenvalue weighted by molar-refractivity contribution is -0.137. The van der Waals surface area contributed by atoms with Crippen LogP contribution in [-0.2, 0) is 21.2 Å². The Kier molecular flexibility index (Phi) is 7.86. The van der Waals surface area contributed by atoms with E-state index < -0.39 is 33.7 Å². The summed E-state index contributed by atoms with van der Waals surface area (Å²) in [5.74, 6) is -2.73. The van der Waals surface area contributed by atoms with Crippen molar-refractivity contribution in [2.75, 3.05) is 18.5 Å². The summed E-state index contributed by atoms with van der Waals surface area (Å²) in [4.78, 5) is 11.7. The minimum absolute atomic E-state index is 0.0956. The summed E-state index contributed by atoms with van der Waals surface area (Å²) in [5.41, 5.74) is -0.303. The predicted octanol–water partition coefficient (Wildman–Crippen LogP) is 4.89. The molecule has 1 unspecified atom stereocenters. The molecule has 186 valence electrons. The van der Waals surface area contributed by atoms with Crippen LogP contribution in [0.5, 0.6) is 11.5 Å². The first-order valence-electron chi connectivity index (χ1n) is 10.2. The fraction of sp³-hybridized carbons (Fsp3) is 0.208. The van der Waals surface area contributed by atoms with Crippen LogP contribution in [0.2, 0.25) is 5.02 Å². The molecule has 0 saturated heterocycles. The largest absolute Gasteiger partial charge is 0.493 e. The molecule has 0 heterocycles. The highest BCUT2D eigenvalue weighted by molar-refractivity contribution is 7.93. The molecule has 3 rings (SSSR count). The summed E-state index contributed by atoms with van der Waals surface area (Å²) in [7, 11) is -1.81. The van der Waals surface area contributed by atoms with Crippen molar-refractivity contribution in [3.8, 4) is 11.5 Å². The summed E-state index contributed by atoms with van der Waals surface area (Å²) in [6.45, 7) is 1.18. The van der Waals surface area contributed by atoms with Crippen LogP contribution < -0.4 is 13.8 Å². The Morgan fingerprint density at radius 1 is 1.03 bits per heavy atom. The van der Waals surface area contributed by atoms with Crippen molar-refractivity contribution in [1.82, 2.24) is 0 Å². The number of hydrogen-bond acceptors (Lipinski definition) is 5. The summed E-state index contributed by atoms with van der Waals surface area (Å²) >= 11 is 6.11. The highest BCUT2D eigenvalue weighted by Crippen LogP contribution is 2.36. The summed E-state index contributed by atoms with van der Waals surface area (Å²) in [6, 6.07) is 9.57. The zero-order chi connectivity index (χ0) is 25.9. The third-order valence-electron chi connectivity index (χ3n) is 5.33. The number of halogens is 3. The number of rotatable bonds is 9. The van der Waals surface area contributed by atoms with E-state index in [4.69, 9.17) is 21.1 Å². The normalized spacial score (nSPS) is 12.2. The van der Waals surface area contributed by atoms with Crippen LogP contribution in [0, 0.1) is 11.6 Å². The van der Waals surface area contributed by atoms with Crippen LogP contribution in [0.1, 0.15) is 18.1 Å². The lowest BCUT2D eigenvalue weighted by atomic mass is 10.0. The van der Waals surface area contributed by atoms with Crippen LogP contribution >= 0.6 is 11.6 Å². The van der Waals surface area contributed by atoms with E-state index in [0.29, 0.717) is 4.31 Å². The highest BCUT2D eigenvalue weighted by Gasteiger charge is 2.35. The lowest BCUT2D eigenvalue weighted by Gasteiger charge is -2.30. The van der Waals surface area contributed by atoms with Gasteiger partial charge in [-0.25, -0.2) is 22.0 Å². The van der Waals surface area contributed by atoms with Gasteiger partial charge in [0.05, 0.1) is 24.8 Å². The van der Waals surface area contributed by atoms with Crippen LogP contribution in [0.25, 0.3) is 0 Å². The van der Waals surface area contributed by atoms with Crippen molar-refractivity contribution in [2.45, 2.75) is 24.3 Å². The van der Waals surface area contributed by atoms with Gasteiger partial charge in [-0.3, -0.25) is 4.31 Å². The maximum absolute atomic E-state index is 14.4. The molecular formula is C24H22ClF2NO6S. The predicted molar refractivity (Wildman–Crippen MR) is 127 cm³/mol. The van der Waals surface area contributed by atoms with Crippen molar-refractivity contribution in [3.63, 3.8) is 0 Å². The number of benzene rings is 3. The maximum atomic E-state index is 14.4. The second-order valence-corrected chi connectivity index (χ2v) is 9.73. The second-order valence-electron chi connectivity index (χ2n) is 7.48. The SMILES string of the molecule is COc1ccc(S(=O)(=O)N(c2ccc(Cl)cc2Cc2c(F)cccc2F)C(C)C(=O)O)cc1OC. The monoisotopic (exact) mass is 525 g/mol. The number of sulfonamides is 1. The molecule has 0 aliphatic heterocycles. The molecule has 0 aliphatic carbocycles. The number of methoxy groups -OCH3 is 2. The Morgan fingerprint density at radius 3 is 2.23 bits per heavy atom. The smallest absolute Gasteiger partial charge is 0.327 e. The van der Waals surface area contributed by atoms with E-state index in [1.807, 2.05) is 0 Å². The van der Waals surface area contributed by atoms with Gasteiger partial charge in [0.25, 0.3) is 10.0 Å². The minimum Gasteiger partial charge on any atom is -0.493 e. The molecule has 0 fully saturated rings. The maximum Gasteiger partial charge on any atom is 0.327 e. The minimum atomic E-state index is -4.52. The van der Waals surface area contributed by atoms with E-state index in [1.54, 1.807) is 0 Å². The van der Waals surface area contributed by atoms with Gasteiger partial charge in [-0.2, -0.15) is 0 Å². The van der Waals surface area contributed by atoms with Crippen molar-refractivity contribution in [3.05, 3.63) is 82.4 Å². The molecule has 7 nitrogen and oxygen atoms in total.